The SMILES string of the molecule is CCNC(Cc1ccccc1OC)C1CCCCS1(=O)=O. The maximum Gasteiger partial charge on any atom is 0.154 e. The third-order valence-corrected chi connectivity index (χ3v) is 6.52. The van der Waals surface area contributed by atoms with Crippen LogP contribution in [0.2, 0.25) is 0 Å². The number of hydrogen-bond acceptors (Lipinski definition) is 4. The molecule has 0 bridgehead atoms. The van der Waals surface area contributed by atoms with Crippen molar-refractivity contribution >= 4 is 9.84 Å². The molecule has 1 aromatic carbocycles. The molecule has 1 heterocycles. The second-order valence-electron chi connectivity index (χ2n) is 5.58. The molecule has 5 heteroatoms. The van der Waals surface area contributed by atoms with Crippen LogP contribution in [0.15, 0.2) is 24.3 Å². The van der Waals surface area contributed by atoms with Crippen LogP contribution in [0.25, 0.3) is 0 Å². The van der Waals surface area contributed by atoms with Crippen molar-refractivity contribution in [1.29, 1.82) is 0 Å². The van der Waals surface area contributed by atoms with E-state index < -0.39 is 9.84 Å². The Balaban J connectivity index is 2.22. The molecule has 2 atom stereocenters. The predicted octanol–water partition coefficient (Wildman–Crippen LogP) is 2.18. The topological polar surface area (TPSA) is 55.4 Å². The van der Waals surface area contributed by atoms with Gasteiger partial charge in [-0.1, -0.05) is 31.5 Å². The number of benzene rings is 1. The van der Waals surface area contributed by atoms with Gasteiger partial charge in [0.05, 0.1) is 18.1 Å². The van der Waals surface area contributed by atoms with Gasteiger partial charge in [0, 0.05) is 6.04 Å². The molecule has 0 saturated carbocycles. The van der Waals surface area contributed by atoms with Gasteiger partial charge < -0.3 is 10.1 Å². The highest BCUT2D eigenvalue weighted by atomic mass is 32.2. The normalized spacial score (nSPS) is 22.7. The first kappa shape index (κ1) is 16.3. The summed E-state index contributed by atoms with van der Waals surface area (Å²) >= 11 is 0. The number of methoxy groups -OCH3 is 1. The van der Waals surface area contributed by atoms with Crippen LogP contribution in [0.3, 0.4) is 0 Å². The van der Waals surface area contributed by atoms with Gasteiger partial charge in [0.15, 0.2) is 9.84 Å². The van der Waals surface area contributed by atoms with Crippen molar-refractivity contribution in [2.24, 2.45) is 0 Å². The molecule has 1 saturated heterocycles. The van der Waals surface area contributed by atoms with E-state index in [1.54, 1.807) is 7.11 Å². The molecule has 2 unspecified atom stereocenters. The van der Waals surface area contributed by atoms with Crippen LogP contribution in [0.4, 0.5) is 0 Å². The third kappa shape index (κ3) is 3.98. The van der Waals surface area contributed by atoms with Gasteiger partial charge in [0.1, 0.15) is 5.75 Å². The van der Waals surface area contributed by atoms with Crippen LogP contribution in [0, 0.1) is 0 Å². The summed E-state index contributed by atoms with van der Waals surface area (Å²) in [6, 6.07) is 7.79. The first-order valence-corrected chi connectivity index (χ1v) is 9.37. The smallest absolute Gasteiger partial charge is 0.154 e. The molecule has 118 valence electrons. The van der Waals surface area contributed by atoms with E-state index in [1.165, 1.54) is 0 Å². The fourth-order valence-electron chi connectivity index (χ4n) is 3.14. The van der Waals surface area contributed by atoms with Crippen molar-refractivity contribution in [2.75, 3.05) is 19.4 Å². The second kappa shape index (κ2) is 7.27. The maximum absolute atomic E-state index is 12.4. The highest BCUT2D eigenvalue weighted by molar-refractivity contribution is 7.92. The predicted molar refractivity (Wildman–Crippen MR) is 85.6 cm³/mol. The van der Waals surface area contributed by atoms with Crippen molar-refractivity contribution < 1.29 is 13.2 Å². The van der Waals surface area contributed by atoms with Gasteiger partial charge in [-0.25, -0.2) is 8.42 Å². The average Bonchev–Trinajstić information content (AvgIpc) is 2.47. The fourth-order valence-corrected chi connectivity index (χ4v) is 5.26. The molecule has 1 fully saturated rings. The van der Waals surface area contributed by atoms with E-state index in [2.05, 4.69) is 5.32 Å². The van der Waals surface area contributed by atoms with Crippen molar-refractivity contribution in [3.8, 4) is 5.75 Å². The number of hydrogen-bond donors (Lipinski definition) is 1. The minimum absolute atomic E-state index is 0.0448. The minimum atomic E-state index is -2.99. The Hall–Kier alpha value is -1.07. The zero-order chi connectivity index (χ0) is 15.3. The van der Waals surface area contributed by atoms with E-state index in [1.807, 2.05) is 31.2 Å². The largest absolute Gasteiger partial charge is 0.496 e. The van der Waals surface area contributed by atoms with Gasteiger partial charge in [-0.15, -0.1) is 0 Å². The Morgan fingerprint density at radius 2 is 2.10 bits per heavy atom. The monoisotopic (exact) mass is 311 g/mol. The minimum Gasteiger partial charge on any atom is -0.496 e. The fraction of sp³-hybridized carbons (Fsp3) is 0.625. The molecule has 0 aliphatic carbocycles. The molecule has 21 heavy (non-hydrogen) atoms. The molecule has 0 aromatic heterocycles. The van der Waals surface area contributed by atoms with Gasteiger partial charge in [0.25, 0.3) is 0 Å². The summed E-state index contributed by atoms with van der Waals surface area (Å²) in [5, 5.41) is 3.09. The summed E-state index contributed by atoms with van der Waals surface area (Å²) in [5.41, 5.74) is 1.06. The van der Waals surface area contributed by atoms with Gasteiger partial charge in [0.2, 0.25) is 0 Å². The van der Waals surface area contributed by atoms with Crippen LogP contribution in [-0.2, 0) is 16.3 Å². The lowest BCUT2D eigenvalue weighted by molar-refractivity contribution is 0.398. The molecule has 2 rings (SSSR count). The average molecular weight is 311 g/mol. The number of rotatable bonds is 6. The molecule has 0 radical (unpaired) electrons. The number of ether oxygens (including phenoxy) is 1. The van der Waals surface area contributed by atoms with Crippen molar-refractivity contribution in [1.82, 2.24) is 5.32 Å². The van der Waals surface area contributed by atoms with Crippen LogP contribution >= 0.6 is 0 Å². The van der Waals surface area contributed by atoms with E-state index >= 15 is 0 Å². The first-order chi connectivity index (χ1) is 10.1. The molecule has 1 N–H and O–H groups in total. The summed E-state index contributed by atoms with van der Waals surface area (Å²) in [6.07, 6.45) is 3.24. The van der Waals surface area contributed by atoms with E-state index in [0.717, 1.165) is 37.1 Å². The number of para-hydroxylation sites is 1. The number of likely N-dealkylation sites (N-methyl/N-ethyl adjacent to an activating group) is 1. The zero-order valence-corrected chi connectivity index (χ0v) is 13.7. The lowest BCUT2D eigenvalue weighted by Crippen LogP contribution is -2.47. The third-order valence-electron chi connectivity index (χ3n) is 4.18. The zero-order valence-electron chi connectivity index (χ0n) is 12.8. The van der Waals surface area contributed by atoms with Crippen LogP contribution in [0.5, 0.6) is 5.75 Å². The number of nitrogens with one attached hydrogen (secondary N) is 1. The van der Waals surface area contributed by atoms with Gasteiger partial charge in [-0.3, -0.25) is 0 Å². The van der Waals surface area contributed by atoms with E-state index in [4.69, 9.17) is 4.74 Å². The van der Waals surface area contributed by atoms with Crippen molar-refractivity contribution in [2.45, 2.75) is 43.9 Å². The Labute approximate surface area is 127 Å². The van der Waals surface area contributed by atoms with Gasteiger partial charge in [-0.2, -0.15) is 0 Å². The Morgan fingerprint density at radius 3 is 2.76 bits per heavy atom. The quantitative estimate of drug-likeness (QED) is 0.875. The summed E-state index contributed by atoms with van der Waals surface area (Å²) in [5.74, 6) is 1.15. The van der Waals surface area contributed by atoms with Crippen LogP contribution in [0.1, 0.15) is 31.7 Å². The molecule has 1 aromatic rings. The Bertz CT molecular complexity index is 556. The molecular formula is C16H25NO3S. The Morgan fingerprint density at radius 1 is 1.33 bits per heavy atom. The highest BCUT2D eigenvalue weighted by Gasteiger charge is 2.35. The summed E-state index contributed by atoms with van der Waals surface area (Å²) in [7, 11) is -1.34. The Kier molecular flexibility index (Phi) is 5.65. The highest BCUT2D eigenvalue weighted by Crippen LogP contribution is 2.26. The molecule has 0 spiro atoms. The lowest BCUT2D eigenvalue weighted by Gasteiger charge is -2.31. The molecular weight excluding hydrogens is 286 g/mol. The standard InChI is InChI=1S/C16H25NO3S/c1-3-17-14(16-10-6-7-11-21(16,18)19)12-13-8-4-5-9-15(13)20-2/h4-5,8-9,14,16-17H,3,6-7,10-12H2,1-2H3. The van der Waals surface area contributed by atoms with Crippen molar-refractivity contribution in [3.63, 3.8) is 0 Å². The first-order valence-electron chi connectivity index (χ1n) is 7.65. The lowest BCUT2D eigenvalue weighted by atomic mass is 9.99. The molecule has 4 nitrogen and oxygen atoms in total. The van der Waals surface area contributed by atoms with E-state index in [0.29, 0.717) is 12.2 Å². The maximum atomic E-state index is 12.4. The van der Waals surface area contributed by atoms with Gasteiger partial charge in [-0.05, 0) is 37.4 Å². The van der Waals surface area contributed by atoms with Crippen LogP contribution < -0.4 is 10.1 Å². The van der Waals surface area contributed by atoms with E-state index in [-0.39, 0.29) is 11.3 Å². The van der Waals surface area contributed by atoms with E-state index in [9.17, 15) is 8.42 Å². The second-order valence-corrected chi connectivity index (χ2v) is 7.92. The molecule has 1 aliphatic rings. The van der Waals surface area contributed by atoms with Gasteiger partial charge >= 0.3 is 0 Å². The van der Waals surface area contributed by atoms with Crippen LogP contribution in [-0.4, -0.2) is 39.1 Å². The van der Waals surface area contributed by atoms with Crippen molar-refractivity contribution in [3.05, 3.63) is 29.8 Å². The summed E-state index contributed by atoms with van der Waals surface area (Å²) in [4.78, 5) is 0. The molecule has 0 amide bonds. The summed E-state index contributed by atoms with van der Waals surface area (Å²) in [6.45, 7) is 2.79. The number of sulfone groups is 1. The summed E-state index contributed by atoms with van der Waals surface area (Å²) < 4.78 is 30.1. The molecule has 1 aliphatic heterocycles.